The Morgan fingerprint density at radius 3 is 2.21 bits per heavy atom. The van der Waals surface area contributed by atoms with Crippen molar-refractivity contribution in [2.75, 3.05) is 11.9 Å². The van der Waals surface area contributed by atoms with Crippen molar-refractivity contribution in [3.05, 3.63) is 40.0 Å². The van der Waals surface area contributed by atoms with Gasteiger partial charge in [0.05, 0.1) is 33.2 Å². The Kier molecular flexibility index (Phi) is 8.04. The molecule has 0 aliphatic carbocycles. The average Bonchev–Trinajstić information content (AvgIpc) is 3.18. The SMILES string of the molecule is O=C(NCC(F)(F)C(F)(F)C(F)(F)C(F)(F)F)c1cc2nc(Nc3ncc(Cl)cc3Cl)[nH]c2cc1OC(F)F. The molecule has 7 nitrogen and oxygen atoms in total. The largest absolute Gasteiger partial charge is 0.460 e. The van der Waals surface area contributed by atoms with Crippen molar-refractivity contribution in [1.82, 2.24) is 20.3 Å². The number of amides is 1. The fraction of sp³-hybridized carbons (Fsp3) is 0.316. The van der Waals surface area contributed by atoms with Crippen LogP contribution in [-0.4, -0.2) is 58.0 Å². The zero-order valence-electron chi connectivity index (χ0n) is 18.2. The number of benzene rings is 1. The molecule has 20 heteroatoms. The number of H-pyrrole nitrogens is 1. The number of anilines is 2. The number of imidazole rings is 1. The number of pyridine rings is 1. The third-order valence-corrected chi connectivity index (χ3v) is 5.26. The third-order valence-electron chi connectivity index (χ3n) is 4.77. The molecule has 2 heterocycles. The van der Waals surface area contributed by atoms with Crippen LogP contribution in [-0.2, 0) is 0 Å². The maximum Gasteiger partial charge on any atom is 0.460 e. The van der Waals surface area contributed by atoms with Gasteiger partial charge < -0.3 is 20.4 Å². The van der Waals surface area contributed by atoms with Gasteiger partial charge in [-0.05, 0) is 12.1 Å². The number of hydrogen-bond donors (Lipinski definition) is 3. The van der Waals surface area contributed by atoms with Gasteiger partial charge in [-0.25, -0.2) is 9.97 Å². The zero-order valence-corrected chi connectivity index (χ0v) is 19.7. The zero-order chi connectivity index (χ0) is 29.6. The molecule has 0 saturated heterocycles. The van der Waals surface area contributed by atoms with Crippen LogP contribution in [0.4, 0.5) is 60.1 Å². The lowest BCUT2D eigenvalue weighted by atomic mass is 10.0. The van der Waals surface area contributed by atoms with Crippen molar-refractivity contribution < 1.29 is 57.8 Å². The first-order valence-electron chi connectivity index (χ1n) is 9.82. The molecule has 0 aliphatic rings. The number of aromatic amines is 1. The van der Waals surface area contributed by atoms with Gasteiger partial charge in [-0.15, -0.1) is 0 Å². The van der Waals surface area contributed by atoms with E-state index in [1.807, 2.05) is 0 Å². The van der Waals surface area contributed by atoms with E-state index in [2.05, 4.69) is 25.0 Å². The summed E-state index contributed by atoms with van der Waals surface area (Å²) in [5.41, 5.74) is -1.39. The Morgan fingerprint density at radius 1 is 1.00 bits per heavy atom. The molecule has 0 unspecified atom stereocenters. The molecule has 0 saturated carbocycles. The molecule has 0 spiro atoms. The topological polar surface area (TPSA) is 91.9 Å². The lowest BCUT2D eigenvalue weighted by Gasteiger charge is -2.33. The van der Waals surface area contributed by atoms with Gasteiger partial charge in [-0.1, -0.05) is 23.2 Å². The Bertz CT molecular complexity index is 1380. The molecule has 3 aromatic rings. The predicted octanol–water partition coefficient (Wildman–Crippen LogP) is 6.81. The molecule has 0 fully saturated rings. The maximum absolute atomic E-state index is 13.8. The van der Waals surface area contributed by atoms with Crippen LogP contribution in [0.3, 0.4) is 0 Å². The summed E-state index contributed by atoms with van der Waals surface area (Å²) in [6.45, 7) is -6.35. The molecular weight excluding hydrogens is 610 g/mol. The fourth-order valence-corrected chi connectivity index (χ4v) is 3.32. The van der Waals surface area contributed by atoms with Crippen molar-refractivity contribution in [3.63, 3.8) is 0 Å². The van der Waals surface area contributed by atoms with Crippen LogP contribution in [0.25, 0.3) is 11.0 Å². The number of aromatic nitrogens is 3. The standard InChI is InChI=1S/C19H10Cl2F11N5O2/c20-6-1-8(21)12(33-4-6)37-15-35-9-2-7(11(39-14(22)23)3-10(9)36-15)13(38)34-5-16(24,25)17(26,27)18(28,29)19(30,31)32/h1-4,14H,5H2,(H,34,38)(H2,33,35,36,37). The number of fused-ring (bicyclic) bond motifs is 1. The minimum Gasteiger partial charge on any atom is -0.434 e. The van der Waals surface area contributed by atoms with Gasteiger partial charge in [0.15, 0.2) is 5.82 Å². The second-order valence-corrected chi connectivity index (χ2v) is 8.32. The normalized spacial score (nSPS) is 13.2. The van der Waals surface area contributed by atoms with Crippen LogP contribution in [0.15, 0.2) is 24.4 Å². The maximum atomic E-state index is 13.8. The molecule has 0 aliphatic heterocycles. The van der Waals surface area contributed by atoms with Crippen molar-refractivity contribution in [1.29, 1.82) is 0 Å². The van der Waals surface area contributed by atoms with Gasteiger partial charge in [0.1, 0.15) is 5.75 Å². The van der Waals surface area contributed by atoms with E-state index < -0.39 is 54.3 Å². The van der Waals surface area contributed by atoms with E-state index in [9.17, 15) is 53.1 Å². The summed E-state index contributed by atoms with van der Waals surface area (Å²) in [5, 5.41) is 3.78. The van der Waals surface area contributed by atoms with Crippen LogP contribution in [0, 0.1) is 0 Å². The number of rotatable bonds is 9. The molecule has 39 heavy (non-hydrogen) atoms. The highest BCUT2D eigenvalue weighted by Crippen LogP contribution is 2.52. The van der Waals surface area contributed by atoms with E-state index in [0.717, 1.165) is 11.4 Å². The summed E-state index contributed by atoms with van der Waals surface area (Å²) in [4.78, 5) is 22.7. The van der Waals surface area contributed by atoms with Gasteiger partial charge in [0.25, 0.3) is 5.91 Å². The lowest BCUT2D eigenvalue weighted by molar-refractivity contribution is -0.394. The minimum absolute atomic E-state index is 0.000890. The van der Waals surface area contributed by atoms with E-state index in [1.165, 1.54) is 12.3 Å². The van der Waals surface area contributed by atoms with Crippen LogP contribution in [0.1, 0.15) is 10.4 Å². The van der Waals surface area contributed by atoms with Gasteiger partial charge in [-0.2, -0.15) is 48.3 Å². The molecule has 0 radical (unpaired) electrons. The Morgan fingerprint density at radius 2 is 1.64 bits per heavy atom. The van der Waals surface area contributed by atoms with E-state index in [-0.39, 0.29) is 32.8 Å². The summed E-state index contributed by atoms with van der Waals surface area (Å²) in [6, 6.07) is 2.67. The molecule has 1 aromatic carbocycles. The van der Waals surface area contributed by atoms with Crippen molar-refractivity contribution in [2.24, 2.45) is 0 Å². The first-order valence-corrected chi connectivity index (χ1v) is 10.6. The molecule has 2 aromatic heterocycles. The van der Waals surface area contributed by atoms with Crippen molar-refractivity contribution >= 4 is 51.9 Å². The molecule has 0 atom stereocenters. The monoisotopic (exact) mass is 619 g/mol. The van der Waals surface area contributed by atoms with Gasteiger partial charge >= 0.3 is 30.6 Å². The van der Waals surface area contributed by atoms with Gasteiger partial charge in [0.2, 0.25) is 5.95 Å². The number of nitrogens with one attached hydrogen (secondary N) is 3. The van der Waals surface area contributed by atoms with Crippen LogP contribution < -0.4 is 15.4 Å². The van der Waals surface area contributed by atoms with Crippen molar-refractivity contribution in [2.45, 2.75) is 30.6 Å². The second kappa shape index (κ2) is 10.4. The van der Waals surface area contributed by atoms with E-state index in [0.29, 0.717) is 6.07 Å². The molecule has 3 N–H and O–H groups in total. The summed E-state index contributed by atoms with van der Waals surface area (Å²) < 4.78 is 147. The molecule has 214 valence electrons. The highest BCUT2D eigenvalue weighted by Gasteiger charge is 2.81. The van der Waals surface area contributed by atoms with Crippen LogP contribution in [0.5, 0.6) is 5.75 Å². The summed E-state index contributed by atoms with van der Waals surface area (Å²) in [5.74, 6) is -23.4. The number of carbonyl (C=O) groups excluding carboxylic acids is 1. The lowest BCUT2D eigenvalue weighted by Crippen LogP contribution is -2.63. The summed E-state index contributed by atoms with van der Waals surface area (Å²) in [6.07, 6.45) is -5.87. The number of nitrogens with zero attached hydrogens (tertiary/aromatic N) is 2. The number of ether oxygens (including phenoxy) is 1. The number of halogens is 13. The van der Waals surface area contributed by atoms with E-state index in [1.54, 1.807) is 0 Å². The van der Waals surface area contributed by atoms with Gasteiger partial charge in [0, 0.05) is 12.3 Å². The second-order valence-electron chi connectivity index (χ2n) is 7.47. The van der Waals surface area contributed by atoms with Crippen LogP contribution in [0.2, 0.25) is 10.0 Å². The van der Waals surface area contributed by atoms with E-state index >= 15 is 0 Å². The first-order chi connectivity index (χ1) is 17.8. The first kappa shape index (κ1) is 30.3. The summed E-state index contributed by atoms with van der Waals surface area (Å²) in [7, 11) is 0. The highest BCUT2D eigenvalue weighted by molar-refractivity contribution is 6.36. The van der Waals surface area contributed by atoms with Gasteiger partial charge in [-0.3, -0.25) is 4.79 Å². The third kappa shape index (κ3) is 6.00. The average molecular weight is 620 g/mol. The fourth-order valence-electron chi connectivity index (χ4n) is 2.89. The van der Waals surface area contributed by atoms with E-state index in [4.69, 9.17) is 23.2 Å². The smallest absolute Gasteiger partial charge is 0.434 e. The Labute approximate surface area is 218 Å². The Balaban J connectivity index is 1.91. The quantitative estimate of drug-likeness (QED) is 0.229. The summed E-state index contributed by atoms with van der Waals surface area (Å²) >= 11 is 11.7. The molecule has 3 rings (SSSR count). The highest BCUT2D eigenvalue weighted by atomic mass is 35.5. The van der Waals surface area contributed by atoms with Crippen LogP contribution >= 0.6 is 23.2 Å². The molecular formula is C19H10Cl2F11N5O2. The minimum atomic E-state index is -7.18. The molecule has 0 bridgehead atoms. The number of alkyl halides is 11. The van der Waals surface area contributed by atoms with Crippen molar-refractivity contribution in [3.8, 4) is 5.75 Å². The number of carbonyl (C=O) groups is 1. The Hall–Kier alpha value is -3.28. The molecule has 1 amide bonds. The number of hydrogen-bond acceptors (Lipinski definition) is 5. The predicted molar refractivity (Wildman–Crippen MR) is 113 cm³/mol.